The van der Waals surface area contributed by atoms with Crippen LogP contribution in [0.4, 0.5) is 5.69 Å². The molecule has 0 aliphatic rings. The molecule has 0 aliphatic heterocycles. The SMILES string of the molecule is COc1ccc(I)cc1C(=O)c1ccc(N)c(C)c1. The number of benzene rings is 2. The highest BCUT2D eigenvalue weighted by atomic mass is 127. The first-order chi connectivity index (χ1) is 9.02. The van der Waals surface area contributed by atoms with Gasteiger partial charge in [0, 0.05) is 14.8 Å². The van der Waals surface area contributed by atoms with E-state index < -0.39 is 0 Å². The molecule has 0 saturated heterocycles. The predicted molar refractivity (Wildman–Crippen MR) is 84.7 cm³/mol. The molecule has 2 aromatic carbocycles. The van der Waals surface area contributed by atoms with Gasteiger partial charge in [0.15, 0.2) is 5.78 Å². The van der Waals surface area contributed by atoms with Crippen LogP contribution in [0.5, 0.6) is 5.75 Å². The van der Waals surface area contributed by atoms with E-state index in [-0.39, 0.29) is 5.78 Å². The highest BCUT2D eigenvalue weighted by molar-refractivity contribution is 14.1. The van der Waals surface area contributed by atoms with E-state index in [1.165, 1.54) is 0 Å². The van der Waals surface area contributed by atoms with Gasteiger partial charge in [0.1, 0.15) is 5.75 Å². The van der Waals surface area contributed by atoms with E-state index in [0.29, 0.717) is 22.6 Å². The van der Waals surface area contributed by atoms with E-state index in [1.807, 2.05) is 19.1 Å². The van der Waals surface area contributed by atoms with Crippen LogP contribution in [0.25, 0.3) is 0 Å². The Morgan fingerprint density at radius 3 is 2.58 bits per heavy atom. The topological polar surface area (TPSA) is 52.3 Å². The molecule has 3 nitrogen and oxygen atoms in total. The first kappa shape index (κ1) is 13.9. The smallest absolute Gasteiger partial charge is 0.196 e. The number of carbonyl (C=O) groups is 1. The maximum absolute atomic E-state index is 12.5. The Balaban J connectivity index is 2.49. The fourth-order valence-corrected chi connectivity index (χ4v) is 2.32. The summed E-state index contributed by atoms with van der Waals surface area (Å²) in [7, 11) is 1.56. The summed E-state index contributed by atoms with van der Waals surface area (Å²) < 4.78 is 6.24. The van der Waals surface area contributed by atoms with E-state index in [4.69, 9.17) is 10.5 Å². The fourth-order valence-electron chi connectivity index (χ4n) is 1.83. The summed E-state index contributed by atoms with van der Waals surface area (Å²) in [5.74, 6) is 0.526. The fraction of sp³-hybridized carbons (Fsp3) is 0.133. The number of methoxy groups -OCH3 is 1. The van der Waals surface area contributed by atoms with Gasteiger partial charge in [-0.25, -0.2) is 0 Å². The van der Waals surface area contributed by atoms with Gasteiger partial charge in [0.05, 0.1) is 12.7 Å². The van der Waals surface area contributed by atoms with Gasteiger partial charge in [-0.05, 0) is 71.5 Å². The first-order valence-electron chi connectivity index (χ1n) is 5.77. The Hall–Kier alpha value is -1.56. The van der Waals surface area contributed by atoms with Crippen molar-refractivity contribution >= 4 is 34.1 Å². The second-order valence-electron chi connectivity index (χ2n) is 4.25. The molecule has 0 fully saturated rings. The minimum Gasteiger partial charge on any atom is -0.496 e. The molecule has 0 heterocycles. The largest absolute Gasteiger partial charge is 0.496 e. The number of carbonyl (C=O) groups excluding carboxylic acids is 1. The Morgan fingerprint density at radius 1 is 1.21 bits per heavy atom. The minimum absolute atomic E-state index is 0.0570. The van der Waals surface area contributed by atoms with Gasteiger partial charge in [-0.15, -0.1) is 0 Å². The third-order valence-corrected chi connectivity index (χ3v) is 3.61. The van der Waals surface area contributed by atoms with Crippen molar-refractivity contribution in [3.05, 3.63) is 56.7 Å². The summed E-state index contributed by atoms with van der Waals surface area (Å²) in [5, 5.41) is 0. The molecule has 0 amide bonds. The summed E-state index contributed by atoms with van der Waals surface area (Å²) in [6, 6.07) is 10.8. The van der Waals surface area contributed by atoms with Crippen LogP contribution in [-0.4, -0.2) is 12.9 Å². The number of hydrogen-bond donors (Lipinski definition) is 1. The molecule has 0 aromatic heterocycles. The van der Waals surface area contributed by atoms with Gasteiger partial charge in [-0.3, -0.25) is 4.79 Å². The third-order valence-electron chi connectivity index (χ3n) is 2.94. The van der Waals surface area contributed by atoms with Crippen LogP contribution in [0.15, 0.2) is 36.4 Å². The molecule has 0 saturated carbocycles. The standard InChI is InChI=1S/C15H14INO2/c1-9-7-10(3-5-13(9)17)15(18)12-8-11(16)4-6-14(12)19-2/h3-8H,17H2,1-2H3. The number of aryl methyl sites for hydroxylation is 1. The van der Waals surface area contributed by atoms with E-state index in [9.17, 15) is 4.79 Å². The number of nitrogen functional groups attached to an aromatic ring is 1. The maximum atomic E-state index is 12.5. The second kappa shape index (κ2) is 5.61. The highest BCUT2D eigenvalue weighted by Gasteiger charge is 2.15. The van der Waals surface area contributed by atoms with Gasteiger partial charge >= 0.3 is 0 Å². The molecule has 2 aromatic rings. The highest BCUT2D eigenvalue weighted by Crippen LogP contribution is 2.25. The van der Waals surface area contributed by atoms with Crippen LogP contribution in [-0.2, 0) is 0 Å². The Bertz CT molecular complexity index is 638. The zero-order valence-electron chi connectivity index (χ0n) is 10.7. The minimum atomic E-state index is -0.0570. The number of ketones is 1. The van der Waals surface area contributed by atoms with Crippen LogP contribution < -0.4 is 10.5 Å². The summed E-state index contributed by atoms with van der Waals surface area (Å²) in [4.78, 5) is 12.5. The van der Waals surface area contributed by atoms with Crippen LogP contribution in [0.2, 0.25) is 0 Å². The molecule has 0 unspecified atom stereocenters. The van der Waals surface area contributed by atoms with Crippen molar-refractivity contribution < 1.29 is 9.53 Å². The van der Waals surface area contributed by atoms with Gasteiger partial charge in [-0.2, -0.15) is 0 Å². The molecule has 0 aliphatic carbocycles. The molecule has 0 atom stereocenters. The number of ether oxygens (including phenoxy) is 1. The van der Waals surface area contributed by atoms with Gasteiger partial charge in [0.25, 0.3) is 0 Å². The number of hydrogen-bond acceptors (Lipinski definition) is 3. The normalized spacial score (nSPS) is 10.3. The van der Waals surface area contributed by atoms with Crippen LogP contribution in [0, 0.1) is 10.5 Å². The molecule has 0 spiro atoms. The zero-order chi connectivity index (χ0) is 14.0. The van der Waals surface area contributed by atoms with E-state index in [0.717, 1.165) is 9.13 Å². The lowest BCUT2D eigenvalue weighted by Gasteiger charge is -2.09. The van der Waals surface area contributed by atoms with Crippen molar-refractivity contribution in [3.63, 3.8) is 0 Å². The van der Waals surface area contributed by atoms with E-state index in [1.54, 1.807) is 31.4 Å². The van der Waals surface area contributed by atoms with Gasteiger partial charge < -0.3 is 10.5 Å². The second-order valence-corrected chi connectivity index (χ2v) is 5.49. The molecular formula is C15H14INO2. The zero-order valence-corrected chi connectivity index (χ0v) is 12.9. The molecule has 2 N–H and O–H groups in total. The van der Waals surface area contributed by atoms with Crippen LogP contribution in [0.1, 0.15) is 21.5 Å². The van der Waals surface area contributed by atoms with Crippen LogP contribution in [0.3, 0.4) is 0 Å². The van der Waals surface area contributed by atoms with Crippen molar-refractivity contribution in [3.8, 4) is 5.75 Å². The lowest BCUT2D eigenvalue weighted by molar-refractivity contribution is 0.103. The molecule has 0 radical (unpaired) electrons. The Morgan fingerprint density at radius 2 is 1.95 bits per heavy atom. The lowest BCUT2D eigenvalue weighted by Crippen LogP contribution is -2.05. The predicted octanol–water partition coefficient (Wildman–Crippen LogP) is 3.42. The summed E-state index contributed by atoms with van der Waals surface area (Å²) >= 11 is 2.18. The maximum Gasteiger partial charge on any atom is 0.196 e. The van der Waals surface area contributed by atoms with Crippen molar-refractivity contribution in [2.45, 2.75) is 6.92 Å². The van der Waals surface area contributed by atoms with Gasteiger partial charge in [-0.1, -0.05) is 0 Å². The molecule has 4 heteroatoms. The molecular weight excluding hydrogens is 353 g/mol. The number of nitrogens with two attached hydrogens (primary N) is 1. The third kappa shape index (κ3) is 2.89. The van der Waals surface area contributed by atoms with Crippen molar-refractivity contribution in [1.82, 2.24) is 0 Å². The molecule has 0 bridgehead atoms. The summed E-state index contributed by atoms with van der Waals surface area (Å²) in [6.45, 7) is 1.89. The van der Waals surface area contributed by atoms with Crippen LogP contribution >= 0.6 is 22.6 Å². The number of rotatable bonds is 3. The first-order valence-corrected chi connectivity index (χ1v) is 6.85. The number of anilines is 1. The average molecular weight is 367 g/mol. The summed E-state index contributed by atoms with van der Waals surface area (Å²) in [5.41, 5.74) is 8.54. The van der Waals surface area contributed by atoms with E-state index >= 15 is 0 Å². The van der Waals surface area contributed by atoms with Crippen molar-refractivity contribution in [1.29, 1.82) is 0 Å². The Labute approximate surface area is 125 Å². The number of halogens is 1. The van der Waals surface area contributed by atoms with Gasteiger partial charge in [0.2, 0.25) is 0 Å². The molecule has 98 valence electrons. The van der Waals surface area contributed by atoms with Crippen molar-refractivity contribution in [2.24, 2.45) is 0 Å². The molecule has 2 rings (SSSR count). The van der Waals surface area contributed by atoms with E-state index in [2.05, 4.69) is 22.6 Å². The molecule has 19 heavy (non-hydrogen) atoms. The lowest BCUT2D eigenvalue weighted by atomic mass is 10.0. The quantitative estimate of drug-likeness (QED) is 0.514. The average Bonchev–Trinajstić information content (AvgIpc) is 2.41. The summed E-state index contributed by atoms with van der Waals surface area (Å²) in [6.07, 6.45) is 0. The Kier molecular flexibility index (Phi) is 4.09. The monoisotopic (exact) mass is 367 g/mol. The van der Waals surface area contributed by atoms with Crippen molar-refractivity contribution in [2.75, 3.05) is 12.8 Å².